The molecule has 1 rings (SSSR count). The Bertz CT molecular complexity index is 468. The number of carbonyl (C=O) groups is 2. The molecule has 0 saturated heterocycles. The Morgan fingerprint density at radius 2 is 1.62 bits per heavy atom. The van der Waals surface area contributed by atoms with Crippen molar-refractivity contribution in [1.29, 1.82) is 0 Å². The first-order valence-corrected chi connectivity index (χ1v) is 7.57. The molecule has 0 saturated carbocycles. The Morgan fingerprint density at radius 1 is 1.00 bits per heavy atom. The normalized spacial score (nSPS) is 11.8. The lowest BCUT2D eigenvalue weighted by Crippen LogP contribution is -2.21. The van der Waals surface area contributed by atoms with Gasteiger partial charge in [0.15, 0.2) is 11.5 Å². The lowest BCUT2D eigenvalue weighted by molar-refractivity contribution is -0.140. The summed E-state index contributed by atoms with van der Waals surface area (Å²) in [5.41, 5.74) is 0. The number of hydrogen-bond donors (Lipinski definition) is 0. The van der Waals surface area contributed by atoms with Crippen LogP contribution < -0.4 is 9.47 Å². The smallest absolute Gasteiger partial charge is 0.314 e. The first kappa shape index (κ1) is 17.2. The number of rotatable bonds is 8. The van der Waals surface area contributed by atoms with E-state index in [1.165, 1.54) is 6.92 Å². The van der Waals surface area contributed by atoms with Gasteiger partial charge in [-0.1, -0.05) is 45.2 Å². The van der Waals surface area contributed by atoms with E-state index in [9.17, 15) is 9.59 Å². The van der Waals surface area contributed by atoms with Crippen molar-refractivity contribution in [3.8, 4) is 11.5 Å². The van der Waals surface area contributed by atoms with Crippen molar-refractivity contribution in [2.45, 2.75) is 52.9 Å². The summed E-state index contributed by atoms with van der Waals surface area (Å²) in [4.78, 5) is 23.3. The maximum absolute atomic E-state index is 12.3. The maximum Gasteiger partial charge on any atom is 0.314 e. The van der Waals surface area contributed by atoms with E-state index in [-0.39, 0.29) is 17.6 Å². The number of hydrogen-bond acceptors (Lipinski definition) is 4. The Hall–Kier alpha value is -1.84. The SMILES string of the molecule is CCCCC(CCC)C(=O)Oc1ccccc1OC(C)=O. The highest BCUT2D eigenvalue weighted by Gasteiger charge is 2.21. The van der Waals surface area contributed by atoms with Crippen LogP contribution in [-0.4, -0.2) is 11.9 Å². The molecule has 0 amide bonds. The highest BCUT2D eigenvalue weighted by atomic mass is 16.6. The third-order valence-electron chi connectivity index (χ3n) is 3.19. The molecule has 4 heteroatoms. The van der Waals surface area contributed by atoms with Crippen LogP contribution in [0, 0.1) is 5.92 Å². The molecule has 0 bridgehead atoms. The van der Waals surface area contributed by atoms with Crippen LogP contribution in [0.3, 0.4) is 0 Å². The predicted octanol–water partition coefficient (Wildman–Crippen LogP) is 4.12. The van der Waals surface area contributed by atoms with Crippen LogP contribution in [0.15, 0.2) is 24.3 Å². The molecular weight excluding hydrogens is 268 g/mol. The summed E-state index contributed by atoms with van der Waals surface area (Å²) in [5, 5.41) is 0. The van der Waals surface area contributed by atoms with E-state index in [0.29, 0.717) is 5.75 Å². The van der Waals surface area contributed by atoms with Crippen molar-refractivity contribution >= 4 is 11.9 Å². The standard InChI is InChI=1S/C17H24O4/c1-4-6-10-14(9-5-2)17(19)21-16-12-8-7-11-15(16)20-13(3)18/h7-8,11-12,14H,4-6,9-10H2,1-3H3. The van der Waals surface area contributed by atoms with Crippen LogP contribution in [0.4, 0.5) is 0 Å². The van der Waals surface area contributed by atoms with Gasteiger partial charge >= 0.3 is 11.9 Å². The molecule has 1 unspecified atom stereocenters. The number of esters is 2. The fraction of sp³-hybridized carbons (Fsp3) is 0.529. The summed E-state index contributed by atoms with van der Waals surface area (Å²) in [5.74, 6) is -0.195. The second kappa shape index (κ2) is 9.16. The van der Waals surface area contributed by atoms with Crippen LogP contribution in [-0.2, 0) is 9.59 Å². The van der Waals surface area contributed by atoms with Crippen LogP contribution in [0.2, 0.25) is 0 Å². The molecular formula is C17H24O4. The lowest BCUT2D eigenvalue weighted by Gasteiger charge is -2.16. The minimum absolute atomic E-state index is 0.0969. The molecule has 0 heterocycles. The zero-order valence-electron chi connectivity index (χ0n) is 13.1. The van der Waals surface area contributed by atoms with Gasteiger partial charge < -0.3 is 9.47 Å². The third kappa shape index (κ3) is 5.98. The van der Waals surface area contributed by atoms with Gasteiger partial charge in [0.25, 0.3) is 0 Å². The predicted molar refractivity (Wildman–Crippen MR) is 81.3 cm³/mol. The molecule has 0 radical (unpaired) electrons. The van der Waals surface area contributed by atoms with Gasteiger partial charge in [0.05, 0.1) is 5.92 Å². The third-order valence-corrected chi connectivity index (χ3v) is 3.19. The van der Waals surface area contributed by atoms with Gasteiger partial charge in [-0.2, -0.15) is 0 Å². The summed E-state index contributed by atoms with van der Waals surface area (Å²) in [6.07, 6.45) is 4.64. The summed E-state index contributed by atoms with van der Waals surface area (Å²) < 4.78 is 10.5. The second-order valence-electron chi connectivity index (χ2n) is 5.09. The molecule has 0 aliphatic heterocycles. The fourth-order valence-electron chi connectivity index (χ4n) is 2.14. The molecule has 116 valence electrons. The molecule has 1 aromatic carbocycles. The molecule has 0 N–H and O–H groups in total. The van der Waals surface area contributed by atoms with Gasteiger partial charge in [0.2, 0.25) is 0 Å². The molecule has 0 spiro atoms. The van der Waals surface area contributed by atoms with E-state index in [2.05, 4.69) is 13.8 Å². The molecule has 0 aliphatic rings. The number of para-hydroxylation sites is 2. The van der Waals surface area contributed by atoms with Crippen molar-refractivity contribution in [2.75, 3.05) is 0 Å². The quantitative estimate of drug-likeness (QED) is 0.534. The van der Waals surface area contributed by atoms with Gasteiger partial charge in [0, 0.05) is 6.92 Å². The largest absolute Gasteiger partial charge is 0.423 e. The van der Waals surface area contributed by atoms with Crippen LogP contribution >= 0.6 is 0 Å². The van der Waals surface area contributed by atoms with Gasteiger partial charge in [-0.3, -0.25) is 9.59 Å². The van der Waals surface area contributed by atoms with Gasteiger partial charge in [-0.15, -0.1) is 0 Å². The molecule has 0 aromatic heterocycles. The minimum atomic E-state index is -0.436. The van der Waals surface area contributed by atoms with Gasteiger partial charge in [0.1, 0.15) is 0 Å². The fourth-order valence-corrected chi connectivity index (χ4v) is 2.14. The minimum Gasteiger partial charge on any atom is -0.423 e. The Labute approximate surface area is 126 Å². The number of carbonyl (C=O) groups excluding carboxylic acids is 2. The number of ether oxygens (including phenoxy) is 2. The van der Waals surface area contributed by atoms with E-state index in [4.69, 9.17) is 9.47 Å². The van der Waals surface area contributed by atoms with Crippen molar-refractivity contribution in [2.24, 2.45) is 5.92 Å². The first-order chi connectivity index (χ1) is 10.1. The van der Waals surface area contributed by atoms with E-state index in [0.717, 1.165) is 32.1 Å². The Morgan fingerprint density at radius 3 is 2.14 bits per heavy atom. The summed E-state index contributed by atoms with van der Waals surface area (Å²) in [7, 11) is 0. The van der Waals surface area contributed by atoms with E-state index >= 15 is 0 Å². The van der Waals surface area contributed by atoms with Crippen molar-refractivity contribution in [3.05, 3.63) is 24.3 Å². The first-order valence-electron chi connectivity index (χ1n) is 7.57. The summed E-state index contributed by atoms with van der Waals surface area (Å²) in [6, 6.07) is 6.73. The molecule has 21 heavy (non-hydrogen) atoms. The lowest BCUT2D eigenvalue weighted by atomic mass is 9.97. The Kier molecular flexibility index (Phi) is 7.51. The summed E-state index contributed by atoms with van der Waals surface area (Å²) in [6.45, 7) is 5.48. The monoisotopic (exact) mass is 292 g/mol. The van der Waals surface area contributed by atoms with Crippen LogP contribution in [0.5, 0.6) is 11.5 Å². The zero-order chi connectivity index (χ0) is 15.7. The zero-order valence-corrected chi connectivity index (χ0v) is 13.1. The van der Waals surface area contributed by atoms with E-state index in [1.54, 1.807) is 24.3 Å². The van der Waals surface area contributed by atoms with Gasteiger partial charge in [-0.05, 0) is 25.0 Å². The number of unbranched alkanes of at least 4 members (excludes halogenated alkanes) is 1. The van der Waals surface area contributed by atoms with Gasteiger partial charge in [-0.25, -0.2) is 0 Å². The highest BCUT2D eigenvalue weighted by Crippen LogP contribution is 2.28. The molecule has 1 atom stereocenters. The van der Waals surface area contributed by atoms with E-state index in [1.807, 2.05) is 0 Å². The summed E-state index contributed by atoms with van der Waals surface area (Å²) >= 11 is 0. The molecule has 4 nitrogen and oxygen atoms in total. The van der Waals surface area contributed by atoms with Crippen molar-refractivity contribution < 1.29 is 19.1 Å². The van der Waals surface area contributed by atoms with Crippen LogP contribution in [0.1, 0.15) is 52.9 Å². The van der Waals surface area contributed by atoms with Crippen LogP contribution in [0.25, 0.3) is 0 Å². The molecule has 0 fully saturated rings. The number of benzene rings is 1. The average molecular weight is 292 g/mol. The highest BCUT2D eigenvalue weighted by molar-refractivity contribution is 5.77. The van der Waals surface area contributed by atoms with Crippen molar-refractivity contribution in [3.63, 3.8) is 0 Å². The van der Waals surface area contributed by atoms with Crippen molar-refractivity contribution in [1.82, 2.24) is 0 Å². The molecule has 0 aliphatic carbocycles. The van der Waals surface area contributed by atoms with E-state index < -0.39 is 5.97 Å². The second-order valence-corrected chi connectivity index (χ2v) is 5.09. The Balaban J connectivity index is 2.77. The topological polar surface area (TPSA) is 52.6 Å². The molecule has 1 aromatic rings. The maximum atomic E-state index is 12.3. The average Bonchev–Trinajstić information content (AvgIpc) is 2.45.